The quantitative estimate of drug-likeness (QED) is 0.403. The van der Waals surface area contributed by atoms with E-state index in [1.54, 1.807) is 24.3 Å². The molecule has 1 saturated heterocycles. The van der Waals surface area contributed by atoms with Crippen molar-refractivity contribution in [1.82, 2.24) is 0 Å². The maximum Gasteiger partial charge on any atom is 0.258 e. The highest BCUT2D eigenvalue weighted by molar-refractivity contribution is 6.23. The van der Waals surface area contributed by atoms with Crippen LogP contribution in [-0.2, 0) is 9.59 Å². The Bertz CT molecular complexity index is 1090. The fourth-order valence-corrected chi connectivity index (χ4v) is 4.49. The summed E-state index contributed by atoms with van der Waals surface area (Å²) in [5.41, 5.74) is 4.88. The summed E-state index contributed by atoms with van der Waals surface area (Å²) < 4.78 is 0. The van der Waals surface area contributed by atoms with Crippen LogP contribution in [0.15, 0.2) is 72.8 Å². The first-order valence-electron chi connectivity index (χ1n) is 10.8. The summed E-state index contributed by atoms with van der Waals surface area (Å²) in [5, 5.41) is 2.85. The highest BCUT2D eigenvalue weighted by Crippen LogP contribution is 2.34. The minimum atomic E-state index is -0.898. The van der Waals surface area contributed by atoms with Crippen molar-refractivity contribution in [2.75, 3.05) is 10.0 Å². The summed E-state index contributed by atoms with van der Waals surface area (Å²) in [7, 11) is 0. The first kappa shape index (κ1) is 21.5. The number of hydrogen-bond donors (Lipinski definition) is 0. The first-order chi connectivity index (χ1) is 15.4. The van der Waals surface area contributed by atoms with Crippen molar-refractivity contribution >= 4 is 29.0 Å². The van der Waals surface area contributed by atoms with Crippen LogP contribution >= 0.6 is 0 Å². The van der Waals surface area contributed by atoms with Gasteiger partial charge in [-0.3, -0.25) is 14.4 Å². The monoisotopic (exact) mass is 426 g/mol. The van der Waals surface area contributed by atoms with E-state index in [1.165, 1.54) is 10.0 Å². The lowest BCUT2D eigenvalue weighted by atomic mass is 9.92. The zero-order valence-electron chi connectivity index (χ0n) is 18.5. The van der Waals surface area contributed by atoms with E-state index in [0.717, 1.165) is 16.7 Å². The molecule has 3 aromatic carbocycles. The molecule has 0 aromatic heterocycles. The topological polar surface area (TPSA) is 57.7 Å². The van der Waals surface area contributed by atoms with Crippen LogP contribution in [0, 0.1) is 26.7 Å². The van der Waals surface area contributed by atoms with Gasteiger partial charge in [-0.05, 0) is 62.6 Å². The number of aryl methyl sites for hydroxylation is 3. The number of para-hydroxylation sites is 2. The van der Waals surface area contributed by atoms with Gasteiger partial charge in [0.1, 0.15) is 5.92 Å². The van der Waals surface area contributed by atoms with Gasteiger partial charge in [0.25, 0.3) is 11.8 Å². The number of carbonyl (C=O) groups is 3. The Labute approximate surface area is 188 Å². The Morgan fingerprint density at radius 2 is 1.19 bits per heavy atom. The molecule has 0 radical (unpaired) electrons. The van der Waals surface area contributed by atoms with Gasteiger partial charge in [0, 0.05) is 12.0 Å². The van der Waals surface area contributed by atoms with E-state index in [0.29, 0.717) is 16.9 Å². The predicted molar refractivity (Wildman–Crippen MR) is 126 cm³/mol. The van der Waals surface area contributed by atoms with Crippen LogP contribution in [0.4, 0.5) is 11.4 Å². The summed E-state index contributed by atoms with van der Waals surface area (Å²) in [6, 6.07) is 22.2. The Hall–Kier alpha value is -3.73. The average molecular weight is 427 g/mol. The third-order valence-electron chi connectivity index (χ3n) is 5.83. The molecule has 5 heteroatoms. The minimum absolute atomic E-state index is 0.0370. The Morgan fingerprint density at radius 3 is 1.62 bits per heavy atom. The van der Waals surface area contributed by atoms with Crippen molar-refractivity contribution in [3.8, 4) is 0 Å². The van der Waals surface area contributed by atoms with Gasteiger partial charge in [-0.2, -0.15) is 0 Å². The number of nitrogens with zero attached hydrogens (tertiary/aromatic N) is 2. The lowest BCUT2D eigenvalue weighted by Gasteiger charge is -2.27. The SMILES string of the molecule is Cc1cc(C)c(C(=O)CCC2C(=O)N(c3ccccc3)N(c3ccccc3)C2=O)c(C)c1. The van der Waals surface area contributed by atoms with E-state index in [2.05, 4.69) is 0 Å². The summed E-state index contributed by atoms with van der Waals surface area (Å²) in [6.45, 7) is 5.85. The Balaban J connectivity index is 1.62. The van der Waals surface area contributed by atoms with Crippen molar-refractivity contribution in [2.24, 2.45) is 5.92 Å². The molecule has 1 aliphatic heterocycles. The van der Waals surface area contributed by atoms with Gasteiger partial charge in [0.05, 0.1) is 11.4 Å². The van der Waals surface area contributed by atoms with Crippen LogP contribution in [0.3, 0.4) is 0 Å². The molecule has 4 rings (SSSR count). The zero-order chi connectivity index (χ0) is 22.8. The summed E-state index contributed by atoms with van der Waals surface area (Å²) >= 11 is 0. The van der Waals surface area contributed by atoms with Crippen LogP contribution in [0.25, 0.3) is 0 Å². The molecule has 0 spiro atoms. The smallest absolute Gasteiger partial charge is 0.258 e. The van der Waals surface area contributed by atoms with Crippen molar-refractivity contribution < 1.29 is 14.4 Å². The van der Waals surface area contributed by atoms with E-state index in [9.17, 15) is 14.4 Å². The molecule has 1 heterocycles. The third kappa shape index (κ3) is 3.94. The number of amides is 2. The number of ketones is 1. The van der Waals surface area contributed by atoms with Crippen LogP contribution in [0.1, 0.15) is 39.9 Å². The van der Waals surface area contributed by atoms with Crippen LogP contribution in [-0.4, -0.2) is 17.6 Å². The van der Waals surface area contributed by atoms with Gasteiger partial charge in [0.2, 0.25) is 0 Å². The molecule has 0 saturated carbocycles. The molecular formula is C27H26N2O3. The van der Waals surface area contributed by atoms with E-state index in [4.69, 9.17) is 0 Å². The Morgan fingerprint density at radius 1 is 0.750 bits per heavy atom. The van der Waals surface area contributed by atoms with Gasteiger partial charge in [-0.1, -0.05) is 54.1 Å². The van der Waals surface area contributed by atoms with Gasteiger partial charge in [0.15, 0.2) is 5.78 Å². The molecule has 1 fully saturated rings. The molecule has 0 aliphatic carbocycles. The van der Waals surface area contributed by atoms with E-state index in [1.807, 2.05) is 69.3 Å². The Kier molecular flexibility index (Phi) is 5.91. The van der Waals surface area contributed by atoms with Crippen LogP contribution in [0.2, 0.25) is 0 Å². The molecule has 0 atom stereocenters. The summed E-state index contributed by atoms with van der Waals surface area (Å²) in [6.07, 6.45) is 0.314. The largest absolute Gasteiger partial charge is 0.294 e. The number of hydrogen-bond acceptors (Lipinski definition) is 3. The first-order valence-corrected chi connectivity index (χ1v) is 10.8. The molecule has 2 amide bonds. The molecule has 32 heavy (non-hydrogen) atoms. The van der Waals surface area contributed by atoms with E-state index < -0.39 is 5.92 Å². The van der Waals surface area contributed by atoms with Crippen molar-refractivity contribution in [1.29, 1.82) is 0 Å². The van der Waals surface area contributed by atoms with Gasteiger partial charge < -0.3 is 0 Å². The standard InChI is InChI=1S/C27H26N2O3/c1-18-16-19(2)25(20(3)17-18)24(30)15-14-23-26(31)28(21-10-6-4-7-11-21)29(27(23)32)22-12-8-5-9-13-22/h4-13,16-17,23H,14-15H2,1-3H3. The molecule has 0 N–H and O–H groups in total. The number of anilines is 2. The lowest BCUT2D eigenvalue weighted by Crippen LogP contribution is -2.41. The molecular weight excluding hydrogens is 400 g/mol. The predicted octanol–water partition coefficient (Wildman–Crippen LogP) is 5.19. The molecule has 3 aromatic rings. The van der Waals surface area contributed by atoms with Crippen LogP contribution in [0.5, 0.6) is 0 Å². The van der Waals surface area contributed by atoms with Crippen molar-refractivity contribution in [3.05, 3.63) is 95.1 Å². The molecule has 5 nitrogen and oxygen atoms in total. The zero-order valence-corrected chi connectivity index (χ0v) is 18.5. The minimum Gasteiger partial charge on any atom is -0.294 e. The van der Waals surface area contributed by atoms with Gasteiger partial charge >= 0.3 is 0 Å². The third-order valence-corrected chi connectivity index (χ3v) is 5.83. The van der Waals surface area contributed by atoms with Gasteiger partial charge in [-0.25, -0.2) is 10.0 Å². The van der Waals surface area contributed by atoms with Crippen molar-refractivity contribution in [3.63, 3.8) is 0 Å². The van der Waals surface area contributed by atoms with E-state index >= 15 is 0 Å². The number of rotatable bonds is 6. The molecule has 0 unspecified atom stereocenters. The molecule has 162 valence electrons. The second-order valence-corrected chi connectivity index (χ2v) is 8.26. The molecule has 0 bridgehead atoms. The maximum absolute atomic E-state index is 13.4. The normalized spacial score (nSPS) is 14.3. The fourth-order valence-electron chi connectivity index (χ4n) is 4.49. The second kappa shape index (κ2) is 8.79. The number of hydrazine groups is 1. The number of carbonyl (C=O) groups excluding carboxylic acids is 3. The highest BCUT2D eigenvalue weighted by Gasteiger charge is 2.46. The second-order valence-electron chi connectivity index (χ2n) is 8.26. The summed E-state index contributed by atoms with van der Waals surface area (Å²) in [5.74, 6) is -1.55. The van der Waals surface area contributed by atoms with Crippen molar-refractivity contribution in [2.45, 2.75) is 33.6 Å². The average Bonchev–Trinajstić information content (AvgIpc) is 3.02. The lowest BCUT2D eigenvalue weighted by molar-refractivity contribution is -0.127. The van der Waals surface area contributed by atoms with Gasteiger partial charge in [-0.15, -0.1) is 0 Å². The number of Topliss-reactive ketones (excluding diaryl/α,β-unsaturated/α-hetero) is 1. The number of benzene rings is 3. The van der Waals surface area contributed by atoms with E-state index in [-0.39, 0.29) is 30.4 Å². The maximum atomic E-state index is 13.4. The molecule has 1 aliphatic rings. The fraction of sp³-hybridized carbons (Fsp3) is 0.222. The summed E-state index contributed by atoms with van der Waals surface area (Å²) in [4.78, 5) is 39.8. The highest BCUT2D eigenvalue weighted by atomic mass is 16.2. The van der Waals surface area contributed by atoms with Crippen LogP contribution < -0.4 is 10.0 Å².